The van der Waals surface area contributed by atoms with Crippen LogP contribution in [0.3, 0.4) is 0 Å². The second-order valence-electron chi connectivity index (χ2n) is 3.78. The normalized spacial score (nSPS) is 10.0. The van der Waals surface area contributed by atoms with Gasteiger partial charge in [0.2, 0.25) is 0 Å². The first-order valence-electron chi connectivity index (χ1n) is 5.33. The van der Waals surface area contributed by atoms with Crippen LogP contribution in [0.4, 0.5) is 0 Å². The molecular formula is C12H16N2O2S. The molecule has 0 unspecified atom stereocenters. The number of carbonyl (C=O) groups excluding carboxylic acids is 1. The van der Waals surface area contributed by atoms with E-state index in [2.05, 4.69) is 0 Å². The lowest BCUT2D eigenvalue weighted by molar-refractivity contribution is 0.0787. The number of phenols is 1. The Morgan fingerprint density at radius 1 is 1.53 bits per heavy atom. The lowest BCUT2D eigenvalue weighted by Crippen LogP contribution is -2.37. The number of nitrogens with zero attached hydrogens (tertiary/aromatic N) is 1. The molecule has 1 aromatic carbocycles. The lowest BCUT2D eigenvalue weighted by atomic mass is 10.1. The molecule has 0 saturated carbocycles. The molecule has 0 aliphatic carbocycles. The summed E-state index contributed by atoms with van der Waals surface area (Å²) in [5.41, 5.74) is 6.73. The molecule has 0 atom stereocenters. The highest BCUT2D eigenvalue weighted by molar-refractivity contribution is 7.80. The van der Waals surface area contributed by atoms with Crippen LogP contribution in [0.1, 0.15) is 22.8 Å². The van der Waals surface area contributed by atoms with Crippen LogP contribution in [0.15, 0.2) is 18.2 Å². The molecule has 0 fully saturated rings. The SMILES string of the molecule is CCN(CC(N)=S)C(=O)c1ccc(O)cc1C. The van der Waals surface area contributed by atoms with Crippen LogP contribution < -0.4 is 5.73 Å². The van der Waals surface area contributed by atoms with Crippen molar-refractivity contribution < 1.29 is 9.90 Å². The number of aromatic hydroxyl groups is 1. The minimum absolute atomic E-state index is 0.127. The third kappa shape index (κ3) is 3.42. The first kappa shape index (κ1) is 13.4. The van der Waals surface area contributed by atoms with Crippen molar-refractivity contribution in [3.63, 3.8) is 0 Å². The molecular weight excluding hydrogens is 236 g/mol. The van der Waals surface area contributed by atoms with E-state index in [4.69, 9.17) is 18.0 Å². The number of phenolic OH excluding ortho intramolecular Hbond substituents is 1. The molecule has 0 aliphatic heterocycles. The number of aryl methyl sites for hydroxylation is 1. The van der Waals surface area contributed by atoms with Crippen LogP contribution in [0.2, 0.25) is 0 Å². The van der Waals surface area contributed by atoms with Crippen LogP contribution >= 0.6 is 12.2 Å². The largest absolute Gasteiger partial charge is 0.508 e. The first-order chi connectivity index (χ1) is 7.95. The van der Waals surface area contributed by atoms with E-state index in [1.54, 1.807) is 24.0 Å². The van der Waals surface area contributed by atoms with Crippen LogP contribution in [-0.2, 0) is 0 Å². The molecule has 0 bridgehead atoms. The molecule has 5 heteroatoms. The number of hydrogen-bond donors (Lipinski definition) is 2. The van der Waals surface area contributed by atoms with Gasteiger partial charge in [-0.25, -0.2) is 0 Å². The quantitative estimate of drug-likeness (QED) is 0.796. The summed E-state index contributed by atoms with van der Waals surface area (Å²) < 4.78 is 0. The van der Waals surface area contributed by atoms with Gasteiger partial charge in [-0.2, -0.15) is 0 Å². The van der Waals surface area contributed by atoms with Crippen molar-refractivity contribution in [2.24, 2.45) is 5.73 Å². The highest BCUT2D eigenvalue weighted by Gasteiger charge is 2.16. The number of amides is 1. The summed E-state index contributed by atoms with van der Waals surface area (Å²) in [6.07, 6.45) is 0. The van der Waals surface area contributed by atoms with E-state index in [0.29, 0.717) is 12.1 Å². The molecule has 0 radical (unpaired) electrons. The molecule has 1 rings (SSSR count). The third-order valence-electron chi connectivity index (χ3n) is 2.46. The van der Waals surface area contributed by atoms with E-state index >= 15 is 0 Å². The van der Waals surface area contributed by atoms with Crippen molar-refractivity contribution in [2.45, 2.75) is 13.8 Å². The van der Waals surface area contributed by atoms with Crippen LogP contribution in [0.25, 0.3) is 0 Å². The average Bonchev–Trinajstić information content (AvgIpc) is 2.24. The molecule has 0 spiro atoms. The summed E-state index contributed by atoms with van der Waals surface area (Å²) in [5, 5.41) is 9.29. The average molecular weight is 252 g/mol. The number of likely N-dealkylation sites (N-methyl/N-ethyl adjacent to an activating group) is 1. The molecule has 1 aromatic rings. The zero-order valence-electron chi connectivity index (χ0n) is 9.93. The first-order valence-corrected chi connectivity index (χ1v) is 5.73. The van der Waals surface area contributed by atoms with Crippen molar-refractivity contribution in [1.29, 1.82) is 0 Å². The monoisotopic (exact) mass is 252 g/mol. The highest BCUT2D eigenvalue weighted by Crippen LogP contribution is 2.17. The van der Waals surface area contributed by atoms with Gasteiger partial charge >= 0.3 is 0 Å². The molecule has 0 aromatic heterocycles. The Labute approximate surface area is 106 Å². The standard InChI is InChI=1S/C12H16N2O2S/c1-3-14(7-11(13)17)12(16)10-5-4-9(15)6-8(10)2/h4-6,15H,3,7H2,1-2H3,(H2,13,17). The maximum atomic E-state index is 12.2. The van der Waals surface area contributed by atoms with E-state index in [-0.39, 0.29) is 23.2 Å². The van der Waals surface area contributed by atoms with Crippen molar-refractivity contribution in [3.8, 4) is 5.75 Å². The Morgan fingerprint density at radius 2 is 2.18 bits per heavy atom. The van der Waals surface area contributed by atoms with E-state index in [9.17, 15) is 9.90 Å². The Hall–Kier alpha value is -1.62. The van der Waals surface area contributed by atoms with Crippen LogP contribution in [0, 0.1) is 6.92 Å². The summed E-state index contributed by atoms with van der Waals surface area (Å²) in [5.74, 6) is 0.0224. The van der Waals surface area contributed by atoms with E-state index in [1.807, 2.05) is 6.92 Å². The lowest BCUT2D eigenvalue weighted by Gasteiger charge is -2.21. The maximum absolute atomic E-state index is 12.2. The van der Waals surface area contributed by atoms with Crippen molar-refractivity contribution >= 4 is 23.1 Å². The summed E-state index contributed by atoms with van der Waals surface area (Å²) >= 11 is 4.80. The van der Waals surface area contributed by atoms with E-state index < -0.39 is 0 Å². The smallest absolute Gasteiger partial charge is 0.254 e. The number of hydrogen-bond acceptors (Lipinski definition) is 3. The van der Waals surface area contributed by atoms with Gasteiger partial charge in [0, 0.05) is 12.1 Å². The number of rotatable bonds is 4. The molecule has 3 N–H and O–H groups in total. The van der Waals surface area contributed by atoms with Gasteiger partial charge in [0.15, 0.2) is 0 Å². The predicted molar refractivity (Wildman–Crippen MR) is 71.2 cm³/mol. The fourth-order valence-electron chi connectivity index (χ4n) is 1.57. The summed E-state index contributed by atoms with van der Waals surface area (Å²) in [4.78, 5) is 14.0. The van der Waals surface area contributed by atoms with Crippen molar-refractivity contribution in [1.82, 2.24) is 4.90 Å². The number of nitrogens with two attached hydrogens (primary N) is 1. The number of benzene rings is 1. The molecule has 0 saturated heterocycles. The second-order valence-corrected chi connectivity index (χ2v) is 4.31. The number of thiocarbonyl (C=S) groups is 1. The van der Waals surface area contributed by atoms with Gasteiger partial charge in [0.25, 0.3) is 5.91 Å². The zero-order chi connectivity index (χ0) is 13.0. The number of carbonyl (C=O) groups is 1. The van der Waals surface area contributed by atoms with Crippen molar-refractivity contribution in [3.05, 3.63) is 29.3 Å². The fraction of sp³-hybridized carbons (Fsp3) is 0.333. The van der Waals surface area contributed by atoms with Gasteiger partial charge in [-0.3, -0.25) is 4.79 Å². The summed E-state index contributed by atoms with van der Waals surface area (Å²) in [6.45, 7) is 4.45. The Kier molecular flexibility index (Phi) is 4.45. The van der Waals surface area contributed by atoms with Gasteiger partial charge in [0.05, 0.1) is 11.5 Å². The second kappa shape index (κ2) is 5.63. The van der Waals surface area contributed by atoms with Crippen molar-refractivity contribution in [2.75, 3.05) is 13.1 Å². The minimum Gasteiger partial charge on any atom is -0.508 e. The molecule has 92 valence electrons. The highest BCUT2D eigenvalue weighted by atomic mass is 32.1. The van der Waals surface area contributed by atoms with Gasteiger partial charge in [-0.05, 0) is 37.6 Å². The predicted octanol–water partition coefficient (Wildman–Crippen LogP) is 1.45. The minimum atomic E-state index is -0.127. The molecule has 0 heterocycles. The van der Waals surface area contributed by atoms with Gasteiger partial charge < -0.3 is 15.7 Å². The maximum Gasteiger partial charge on any atom is 0.254 e. The molecule has 17 heavy (non-hydrogen) atoms. The Balaban J connectivity index is 2.97. The third-order valence-corrected chi connectivity index (χ3v) is 2.59. The molecule has 1 amide bonds. The molecule has 0 aliphatic rings. The summed E-state index contributed by atoms with van der Waals surface area (Å²) in [7, 11) is 0. The topological polar surface area (TPSA) is 66.6 Å². The zero-order valence-corrected chi connectivity index (χ0v) is 10.8. The van der Waals surface area contributed by atoms with Gasteiger partial charge in [-0.15, -0.1) is 0 Å². The Morgan fingerprint density at radius 3 is 2.65 bits per heavy atom. The van der Waals surface area contributed by atoms with Gasteiger partial charge in [-0.1, -0.05) is 12.2 Å². The Bertz CT molecular complexity index is 446. The van der Waals surface area contributed by atoms with E-state index in [0.717, 1.165) is 5.56 Å². The van der Waals surface area contributed by atoms with Crippen LogP contribution in [0.5, 0.6) is 5.75 Å². The summed E-state index contributed by atoms with van der Waals surface area (Å²) in [6, 6.07) is 4.66. The fourth-order valence-corrected chi connectivity index (χ4v) is 1.73. The molecule has 4 nitrogen and oxygen atoms in total. The van der Waals surface area contributed by atoms with Gasteiger partial charge in [0.1, 0.15) is 5.75 Å². The van der Waals surface area contributed by atoms with Crippen LogP contribution in [-0.4, -0.2) is 34.0 Å². The van der Waals surface area contributed by atoms with E-state index in [1.165, 1.54) is 6.07 Å².